The summed E-state index contributed by atoms with van der Waals surface area (Å²) in [7, 11) is 1.38. The summed E-state index contributed by atoms with van der Waals surface area (Å²) in [6.07, 6.45) is 2.92. The fraction of sp³-hybridized carbons (Fsp3) is 0.750. The highest BCUT2D eigenvalue weighted by molar-refractivity contribution is 8.13. The summed E-state index contributed by atoms with van der Waals surface area (Å²) in [4.78, 5) is 20.1. The molecule has 72 valence electrons. The molecule has 0 aliphatic heterocycles. The van der Waals surface area contributed by atoms with E-state index in [-0.39, 0.29) is 11.1 Å². The molecular weight excluding hydrogens is 176 g/mol. The predicted octanol–water partition coefficient (Wildman–Crippen LogP) is 1.86. The normalized spacial score (nSPS) is 8.00. The Kier molecular flexibility index (Phi) is 12.3. The van der Waals surface area contributed by atoms with Crippen molar-refractivity contribution in [3.63, 3.8) is 0 Å². The number of methoxy groups -OCH3 is 1. The van der Waals surface area contributed by atoms with Gasteiger partial charge in [0.1, 0.15) is 0 Å². The second kappa shape index (κ2) is 10.5. The third-order valence-corrected chi connectivity index (χ3v) is 1.78. The average Bonchev–Trinajstić information content (AvgIpc) is 2.16. The first kappa shape index (κ1) is 14.0. The topological polar surface area (TPSA) is 43.4 Å². The smallest absolute Gasteiger partial charge is 0.305 e. The minimum Gasteiger partial charge on any atom is -0.469 e. The van der Waals surface area contributed by atoms with E-state index < -0.39 is 0 Å². The predicted molar refractivity (Wildman–Crippen MR) is 51.1 cm³/mol. The Morgan fingerprint density at radius 3 is 1.75 bits per heavy atom. The lowest BCUT2D eigenvalue weighted by Gasteiger charge is -1.87. The molecule has 0 aromatic heterocycles. The zero-order valence-electron chi connectivity index (χ0n) is 8.05. The number of carbonyl (C=O) groups is 2. The molecule has 0 aromatic carbocycles. The third kappa shape index (κ3) is 12.2. The Labute approximate surface area is 77.9 Å². The fourth-order valence-corrected chi connectivity index (χ4v) is 0.577. The van der Waals surface area contributed by atoms with Gasteiger partial charge in [0.05, 0.1) is 7.11 Å². The van der Waals surface area contributed by atoms with Gasteiger partial charge in [0.2, 0.25) is 0 Å². The highest BCUT2D eigenvalue weighted by atomic mass is 32.2. The van der Waals surface area contributed by atoms with Crippen molar-refractivity contribution in [2.45, 2.75) is 26.7 Å². The van der Waals surface area contributed by atoms with Crippen LogP contribution < -0.4 is 0 Å². The number of hydrogen-bond donors (Lipinski definition) is 0. The summed E-state index contributed by atoms with van der Waals surface area (Å²) in [6, 6.07) is 0. The van der Waals surface area contributed by atoms with E-state index in [1.807, 2.05) is 6.92 Å². The average molecular weight is 192 g/mol. The number of hydrogen-bond acceptors (Lipinski definition) is 4. The van der Waals surface area contributed by atoms with E-state index in [0.717, 1.165) is 0 Å². The summed E-state index contributed by atoms with van der Waals surface area (Å²) in [5.74, 6) is -0.157. The van der Waals surface area contributed by atoms with Crippen molar-refractivity contribution in [3.05, 3.63) is 0 Å². The monoisotopic (exact) mass is 192 g/mol. The molecule has 0 amide bonds. The molecule has 12 heavy (non-hydrogen) atoms. The van der Waals surface area contributed by atoms with Crippen LogP contribution in [0.2, 0.25) is 0 Å². The van der Waals surface area contributed by atoms with Gasteiger partial charge in [-0.2, -0.15) is 0 Å². The van der Waals surface area contributed by atoms with Crippen LogP contribution in [0.4, 0.5) is 0 Å². The molecule has 0 radical (unpaired) electrons. The largest absolute Gasteiger partial charge is 0.469 e. The van der Waals surface area contributed by atoms with Gasteiger partial charge in [0.25, 0.3) is 0 Å². The van der Waals surface area contributed by atoms with E-state index in [1.54, 1.807) is 13.2 Å². The Morgan fingerprint density at radius 2 is 1.75 bits per heavy atom. The lowest BCUT2D eigenvalue weighted by molar-refractivity contribution is -0.140. The van der Waals surface area contributed by atoms with Crippen molar-refractivity contribution in [2.24, 2.45) is 0 Å². The zero-order chi connectivity index (χ0) is 9.98. The van der Waals surface area contributed by atoms with Gasteiger partial charge in [0, 0.05) is 12.8 Å². The standard InChI is InChI=1S/C4H8O2.C4H8OS/c2*1-3-4(5)6-2/h2*3H2,1-2H3. The molecule has 3 nitrogen and oxygen atoms in total. The van der Waals surface area contributed by atoms with Crippen molar-refractivity contribution in [3.8, 4) is 0 Å². The highest BCUT2D eigenvalue weighted by Crippen LogP contribution is 1.95. The zero-order valence-corrected chi connectivity index (χ0v) is 8.86. The second-order valence-electron chi connectivity index (χ2n) is 1.86. The maximum atomic E-state index is 10.1. The van der Waals surface area contributed by atoms with Gasteiger partial charge in [-0.1, -0.05) is 25.6 Å². The van der Waals surface area contributed by atoms with Crippen molar-refractivity contribution < 1.29 is 14.3 Å². The van der Waals surface area contributed by atoms with Crippen LogP contribution in [0, 0.1) is 0 Å². The minimum atomic E-state index is -0.157. The summed E-state index contributed by atoms with van der Waals surface area (Å²) in [6.45, 7) is 3.62. The molecule has 0 atom stereocenters. The Balaban J connectivity index is 0. The minimum absolute atomic E-state index is 0.157. The number of carbonyl (C=O) groups excluding carboxylic acids is 2. The lowest BCUT2D eigenvalue weighted by atomic mass is 10.5. The number of esters is 1. The Hall–Kier alpha value is -0.510. The van der Waals surface area contributed by atoms with Crippen LogP contribution in [0.5, 0.6) is 0 Å². The molecule has 0 heterocycles. The van der Waals surface area contributed by atoms with Crippen LogP contribution in [0.3, 0.4) is 0 Å². The SMILES string of the molecule is CCC(=O)OC.CCC(=O)SC. The van der Waals surface area contributed by atoms with E-state index in [1.165, 1.54) is 18.9 Å². The molecule has 4 heteroatoms. The number of thioether (sulfide) groups is 1. The maximum absolute atomic E-state index is 10.1. The molecule has 0 rings (SSSR count). The van der Waals surface area contributed by atoms with E-state index in [4.69, 9.17) is 0 Å². The second-order valence-corrected chi connectivity index (χ2v) is 2.72. The van der Waals surface area contributed by atoms with E-state index in [2.05, 4.69) is 4.74 Å². The molecule has 0 aromatic rings. The molecular formula is C8H16O3S. The molecule has 0 bridgehead atoms. The number of rotatable bonds is 2. The van der Waals surface area contributed by atoms with Crippen molar-refractivity contribution >= 4 is 22.8 Å². The van der Waals surface area contributed by atoms with Crippen molar-refractivity contribution in [1.82, 2.24) is 0 Å². The molecule has 0 unspecified atom stereocenters. The van der Waals surface area contributed by atoms with Gasteiger partial charge < -0.3 is 4.74 Å². The molecule has 0 spiro atoms. The maximum Gasteiger partial charge on any atom is 0.305 e. The van der Waals surface area contributed by atoms with Crippen molar-refractivity contribution in [1.29, 1.82) is 0 Å². The van der Waals surface area contributed by atoms with Gasteiger partial charge >= 0.3 is 5.97 Å². The quantitative estimate of drug-likeness (QED) is 0.626. The van der Waals surface area contributed by atoms with E-state index in [0.29, 0.717) is 12.8 Å². The molecule has 0 aliphatic rings. The van der Waals surface area contributed by atoms with Gasteiger partial charge in [-0.05, 0) is 6.26 Å². The molecule has 0 N–H and O–H groups in total. The Bertz CT molecular complexity index is 106. The van der Waals surface area contributed by atoms with E-state index >= 15 is 0 Å². The van der Waals surface area contributed by atoms with Gasteiger partial charge in [-0.3, -0.25) is 9.59 Å². The van der Waals surface area contributed by atoms with Crippen LogP contribution >= 0.6 is 11.8 Å². The van der Waals surface area contributed by atoms with E-state index in [9.17, 15) is 9.59 Å². The van der Waals surface area contributed by atoms with Crippen LogP contribution in [-0.4, -0.2) is 24.5 Å². The summed E-state index contributed by atoms with van der Waals surface area (Å²) in [5.41, 5.74) is 0. The first-order valence-corrected chi connectivity index (χ1v) is 4.98. The molecule has 0 aliphatic carbocycles. The third-order valence-electron chi connectivity index (χ3n) is 1.03. The first-order valence-electron chi connectivity index (χ1n) is 3.75. The first-order chi connectivity index (χ1) is 5.62. The molecule has 0 fully saturated rings. The summed E-state index contributed by atoms with van der Waals surface area (Å²) in [5, 5.41) is 0.259. The molecule has 0 saturated carbocycles. The summed E-state index contributed by atoms with van der Waals surface area (Å²) < 4.78 is 4.26. The lowest BCUT2D eigenvalue weighted by Crippen LogP contribution is -1.94. The fourth-order valence-electron chi connectivity index (χ4n) is 0.289. The summed E-state index contributed by atoms with van der Waals surface area (Å²) >= 11 is 1.29. The van der Waals surface area contributed by atoms with Crippen LogP contribution in [-0.2, 0) is 14.3 Å². The molecule has 0 saturated heterocycles. The number of ether oxygens (including phenoxy) is 1. The van der Waals surface area contributed by atoms with Crippen LogP contribution in [0.25, 0.3) is 0 Å². The Morgan fingerprint density at radius 1 is 1.25 bits per heavy atom. The van der Waals surface area contributed by atoms with Gasteiger partial charge in [0.15, 0.2) is 5.12 Å². The van der Waals surface area contributed by atoms with Crippen LogP contribution in [0.15, 0.2) is 0 Å². The van der Waals surface area contributed by atoms with Crippen LogP contribution in [0.1, 0.15) is 26.7 Å². The van der Waals surface area contributed by atoms with Gasteiger partial charge in [-0.25, -0.2) is 0 Å². The van der Waals surface area contributed by atoms with Gasteiger partial charge in [-0.15, -0.1) is 0 Å². The highest BCUT2D eigenvalue weighted by Gasteiger charge is 1.88. The van der Waals surface area contributed by atoms with Crippen molar-refractivity contribution in [2.75, 3.05) is 13.4 Å².